The molecule has 0 aliphatic heterocycles. The summed E-state index contributed by atoms with van der Waals surface area (Å²) in [6, 6.07) is 10.4. The Hall–Kier alpha value is -4.23. The first kappa shape index (κ1) is 25.4. The normalized spacial score (nSPS) is 12.0. The molecule has 5 aromatic rings. The van der Waals surface area contributed by atoms with Gasteiger partial charge in [-0.25, -0.2) is 22.9 Å². The van der Waals surface area contributed by atoms with Crippen LogP contribution in [0.25, 0.3) is 21.1 Å². The maximum atomic E-state index is 13.9. The zero-order chi connectivity index (χ0) is 26.8. The van der Waals surface area contributed by atoms with E-state index in [0.29, 0.717) is 4.88 Å². The highest BCUT2D eigenvalue weighted by atomic mass is 32.1. The van der Waals surface area contributed by atoms with Crippen LogP contribution in [0.3, 0.4) is 0 Å². The molecule has 0 spiro atoms. The van der Waals surface area contributed by atoms with Gasteiger partial charge in [-0.2, -0.15) is 0 Å². The lowest BCUT2D eigenvalue weighted by Crippen LogP contribution is -2.43. The van der Waals surface area contributed by atoms with E-state index in [1.165, 1.54) is 11.3 Å². The predicted molar refractivity (Wildman–Crippen MR) is 137 cm³/mol. The SMILES string of the molecule is O=C(COC(=O)[C@H](Cc1c[nH]c2ccccc12)NC(=O)c1cccs1)Nc1nc2c(F)c(F)c(F)cc2s1. The van der Waals surface area contributed by atoms with Gasteiger partial charge in [0.1, 0.15) is 11.6 Å². The molecule has 194 valence electrons. The van der Waals surface area contributed by atoms with Gasteiger partial charge in [0.05, 0.1) is 9.58 Å². The van der Waals surface area contributed by atoms with Gasteiger partial charge in [0.25, 0.3) is 11.8 Å². The van der Waals surface area contributed by atoms with Crippen molar-refractivity contribution < 1.29 is 32.3 Å². The number of benzene rings is 2. The fourth-order valence-electron chi connectivity index (χ4n) is 3.77. The highest BCUT2D eigenvalue weighted by Gasteiger charge is 2.26. The molecule has 3 aromatic heterocycles. The van der Waals surface area contributed by atoms with Gasteiger partial charge in [0.2, 0.25) is 0 Å². The molecular formula is C25H17F3N4O4S2. The summed E-state index contributed by atoms with van der Waals surface area (Å²) in [5.74, 6) is -6.65. The summed E-state index contributed by atoms with van der Waals surface area (Å²) in [6.07, 6.45) is 1.82. The number of hydrogen-bond donors (Lipinski definition) is 3. The molecule has 0 bridgehead atoms. The maximum Gasteiger partial charge on any atom is 0.329 e. The fourth-order valence-corrected chi connectivity index (χ4v) is 5.30. The molecule has 0 saturated heterocycles. The van der Waals surface area contributed by atoms with Crippen LogP contribution in [0.1, 0.15) is 15.2 Å². The number of aromatic amines is 1. The Labute approximate surface area is 220 Å². The lowest BCUT2D eigenvalue weighted by molar-refractivity contribution is -0.149. The molecular weight excluding hydrogens is 541 g/mol. The van der Waals surface area contributed by atoms with E-state index in [2.05, 4.69) is 20.6 Å². The van der Waals surface area contributed by atoms with Gasteiger partial charge < -0.3 is 15.0 Å². The Morgan fingerprint density at radius 1 is 1.08 bits per heavy atom. The molecule has 3 N–H and O–H groups in total. The molecule has 0 aliphatic rings. The number of aromatic nitrogens is 2. The van der Waals surface area contributed by atoms with Gasteiger partial charge in [-0.05, 0) is 29.1 Å². The number of thiophene rings is 1. The molecule has 0 fully saturated rings. The van der Waals surface area contributed by atoms with E-state index in [1.807, 2.05) is 24.3 Å². The topological polar surface area (TPSA) is 113 Å². The molecule has 5 rings (SSSR count). The van der Waals surface area contributed by atoms with Gasteiger partial charge in [-0.1, -0.05) is 35.6 Å². The number of thiazole rings is 1. The molecule has 3 heterocycles. The van der Waals surface area contributed by atoms with Crippen LogP contribution in [0.15, 0.2) is 54.0 Å². The van der Waals surface area contributed by atoms with E-state index in [1.54, 1.807) is 23.7 Å². The lowest BCUT2D eigenvalue weighted by atomic mass is 10.0. The minimum atomic E-state index is -1.67. The first-order chi connectivity index (χ1) is 18.3. The number of halogens is 3. The first-order valence-corrected chi connectivity index (χ1v) is 12.8. The van der Waals surface area contributed by atoms with Crippen LogP contribution >= 0.6 is 22.7 Å². The van der Waals surface area contributed by atoms with E-state index in [0.717, 1.165) is 33.9 Å². The number of esters is 1. The molecule has 0 saturated carbocycles. The summed E-state index contributed by atoms with van der Waals surface area (Å²) in [5, 5.41) is 7.43. The van der Waals surface area contributed by atoms with Crippen molar-refractivity contribution in [1.82, 2.24) is 15.3 Å². The molecule has 0 radical (unpaired) electrons. The molecule has 1 atom stereocenters. The zero-order valence-electron chi connectivity index (χ0n) is 19.2. The average Bonchev–Trinajstić information content (AvgIpc) is 3.66. The minimum Gasteiger partial charge on any atom is -0.454 e. The van der Waals surface area contributed by atoms with Crippen molar-refractivity contribution in [2.75, 3.05) is 11.9 Å². The quantitative estimate of drug-likeness (QED) is 0.187. The van der Waals surface area contributed by atoms with Gasteiger partial charge in [-0.15, -0.1) is 11.3 Å². The number of hydrogen-bond acceptors (Lipinski definition) is 7. The summed E-state index contributed by atoms with van der Waals surface area (Å²) in [4.78, 5) is 45.3. The lowest BCUT2D eigenvalue weighted by Gasteiger charge is -2.17. The largest absolute Gasteiger partial charge is 0.454 e. The van der Waals surface area contributed by atoms with Gasteiger partial charge in [0.15, 0.2) is 29.2 Å². The van der Waals surface area contributed by atoms with E-state index >= 15 is 0 Å². The smallest absolute Gasteiger partial charge is 0.329 e. The monoisotopic (exact) mass is 558 g/mol. The number of nitrogens with one attached hydrogen (secondary N) is 3. The van der Waals surface area contributed by atoms with Crippen molar-refractivity contribution in [3.05, 3.63) is 81.9 Å². The standard InChI is InChI=1S/C25H17F3N4O4S2/c26-14-9-18-22(21(28)20(14)27)32-25(38-18)31-19(33)11-36-24(35)16(30-23(34)17-6-3-7-37-17)8-12-10-29-15-5-2-1-4-13(12)15/h1-7,9-10,16,29H,8,11H2,(H,30,34)(H,31,32,33)/t16-/m0/s1. The number of ether oxygens (including phenoxy) is 1. The van der Waals surface area contributed by atoms with E-state index in [-0.39, 0.29) is 16.3 Å². The molecule has 8 nitrogen and oxygen atoms in total. The van der Waals surface area contributed by atoms with E-state index in [4.69, 9.17) is 4.74 Å². The van der Waals surface area contributed by atoms with Crippen LogP contribution in [0, 0.1) is 17.5 Å². The van der Waals surface area contributed by atoms with E-state index in [9.17, 15) is 27.6 Å². The number of para-hydroxylation sites is 1. The number of rotatable bonds is 8. The Balaban J connectivity index is 1.28. The zero-order valence-corrected chi connectivity index (χ0v) is 20.9. The third kappa shape index (κ3) is 5.24. The van der Waals surface area contributed by atoms with Crippen LogP contribution < -0.4 is 10.6 Å². The number of nitrogens with zero attached hydrogens (tertiary/aromatic N) is 1. The van der Waals surface area contributed by atoms with Crippen LogP contribution in [0.4, 0.5) is 18.3 Å². The number of amides is 2. The summed E-state index contributed by atoms with van der Waals surface area (Å²) < 4.78 is 46.0. The van der Waals surface area contributed by atoms with Crippen molar-refractivity contribution in [2.24, 2.45) is 0 Å². The second-order valence-electron chi connectivity index (χ2n) is 8.07. The molecule has 13 heteroatoms. The van der Waals surface area contributed by atoms with Gasteiger partial charge >= 0.3 is 5.97 Å². The molecule has 38 heavy (non-hydrogen) atoms. The van der Waals surface area contributed by atoms with Crippen molar-refractivity contribution >= 4 is 66.7 Å². The summed E-state index contributed by atoms with van der Waals surface area (Å²) >= 11 is 1.93. The number of carbonyl (C=O) groups is 3. The number of anilines is 1. The average molecular weight is 559 g/mol. The second kappa shape index (κ2) is 10.6. The molecule has 0 unspecified atom stereocenters. The van der Waals surface area contributed by atoms with Crippen molar-refractivity contribution in [2.45, 2.75) is 12.5 Å². The van der Waals surface area contributed by atoms with E-state index < -0.39 is 53.4 Å². The van der Waals surface area contributed by atoms with Crippen molar-refractivity contribution in [3.8, 4) is 0 Å². The Kier molecular flexibility index (Phi) is 7.11. The fraction of sp³-hybridized carbons (Fsp3) is 0.120. The molecule has 2 aromatic carbocycles. The third-order valence-corrected chi connectivity index (χ3v) is 7.33. The number of H-pyrrole nitrogens is 1. The Bertz CT molecular complexity index is 1670. The van der Waals surface area contributed by atoms with Gasteiger partial charge in [0, 0.05) is 23.5 Å². The van der Waals surface area contributed by atoms with Crippen molar-refractivity contribution in [3.63, 3.8) is 0 Å². The highest BCUT2D eigenvalue weighted by Crippen LogP contribution is 2.30. The number of fused-ring (bicyclic) bond motifs is 2. The molecule has 2 amide bonds. The minimum absolute atomic E-state index is 0.0104. The first-order valence-electron chi connectivity index (χ1n) is 11.1. The summed E-state index contributed by atoms with van der Waals surface area (Å²) in [6.45, 7) is -0.737. The summed E-state index contributed by atoms with van der Waals surface area (Å²) in [7, 11) is 0. The van der Waals surface area contributed by atoms with Gasteiger partial charge in [-0.3, -0.25) is 14.9 Å². The van der Waals surface area contributed by atoms with Crippen molar-refractivity contribution in [1.29, 1.82) is 0 Å². The van der Waals surface area contributed by atoms with Crippen LogP contribution in [-0.4, -0.2) is 40.4 Å². The maximum absolute atomic E-state index is 13.9. The van der Waals surface area contributed by atoms with Crippen LogP contribution in [-0.2, 0) is 20.7 Å². The molecule has 0 aliphatic carbocycles. The summed E-state index contributed by atoms with van der Waals surface area (Å²) in [5.41, 5.74) is 1.18. The Morgan fingerprint density at radius 2 is 1.89 bits per heavy atom. The highest BCUT2D eigenvalue weighted by molar-refractivity contribution is 7.22. The van der Waals surface area contributed by atoms with Crippen LogP contribution in [0.5, 0.6) is 0 Å². The Morgan fingerprint density at radius 3 is 2.68 bits per heavy atom. The van der Waals surface area contributed by atoms with Crippen LogP contribution in [0.2, 0.25) is 0 Å². The number of carbonyl (C=O) groups excluding carboxylic acids is 3. The second-order valence-corrected chi connectivity index (χ2v) is 10.1. The third-order valence-electron chi connectivity index (χ3n) is 5.55. The predicted octanol–water partition coefficient (Wildman–Crippen LogP) is 4.78.